The molecule has 1 unspecified atom stereocenters. The summed E-state index contributed by atoms with van der Waals surface area (Å²) in [5.41, 5.74) is 5.22. The average Bonchev–Trinajstić information content (AvgIpc) is 3.47. The van der Waals surface area contributed by atoms with Crippen molar-refractivity contribution in [2.75, 3.05) is 17.2 Å². The molecule has 0 saturated heterocycles. The van der Waals surface area contributed by atoms with E-state index in [9.17, 15) is 0 Å². The first-order chi connectivity index (χ1) is 15.6. The summed E-state index contributed by atoms with van der Waals surface area (Å²) in [7, 11) is 0. The number of tetrazole rings is 1. The molecule has 0 aliphatic carbocycles. The van der Waals surface area contributed by atoms with Crippen molar-refractivity contribution in [2.45, 2.75) is 26.0 Å². The Balaban J connectivity index is 0.00000259. The van der Waals surface area contributed by atoms with E-state index in [1.54, 1.807) is 29.5 Å². The predicted molar refractivity (Wildman–Crippen MR) is 130 cm³/mol. The van der Waals surface area contributed by atoms with Crippen LogP contribution in [0.4, 0.5) is 17.3 Å². The zero-order valence-corrected chi connectivity index (χ0v) is 19.3. The van der Waals surface area contributed by atoms with Crippen molar-refractivity contribution >= 4 is 41.3 Å². The summed E-state index contributed by atoms with van der Waals surface area (Å²) in [6.07, 6.45) is 5.99. The van der Waals surface area contributed by atoms with Gasteiger partial charge in [0.15, 0.2) is 0 Å². The Hall–Kier alpha value is -3.43. The zero-order valence-electron chi connectivity index (χ0n) is 17.8. The molecule has 0 amide bonds. The SMILES string of the molecule is CC(Cn1cnnn1)Oc1cc(-c2cnc(Nc3ccc4c(c3)NCC4)nc2)ccc1Cl.Cl. The van der Waals surface area contributed by atoms with E-state index in [1.165, 1.54) is 5.56 Å². The number of nitrogens with one attached hydrogen (secondary N) is 2. The van der Waals surface area contributed by atoms with Crippen LogP contribution in [0.2, 0.25) is 5.02 Å². The maximum atomic E-state index is 6.35. The third-order valence-electron chi connectivity index (χ3n) is 5.16. The van der Waals surface area contributed by atoms with E-state index in [4.69, 9.17) is 16.3 Å². The van der Waals surface area contributed by atoms with E-state index in [0.29, 0.717) is 23.3 Å². The van der Waals surface area contributed by atoms with Crippen molar-refractivity contribution in [2.24, 2.45) is 0 Å². The summed E-state index contributed by atoms with van der Waals surface area (Å²) < 4.78 is 7.62. The minimum atomic E-state index is -0.170. The van der Waals surface area contributed by atoms with E-state index < -0.39 is 0 Å². The Labute approximate surface area is 202 Å². The number of aromatic nitrogens is 6. The lowest BCUT2D eigenvalue weighted by Gasteiger charge is -2.16. The van der Waals surface area contributed by atoms with Crippen molar-refractivity contribution in [1.29, 1.82) is 0 Å². The molecule has 3 heterocycles. The molecule has 0 radical (unpaired) electrons. The van der Waals surface area contributed by atoms with Crippen LogP contribution in [0.1, 0.15) is 12.5 Å². The quantitative estimate of drug-likeness (QED) is 0.398. The third kappa shape index (κ3) is 5.32. The van der Waals surface area contributed by atoms with Crippen LogP contribution in [0.25, 0.3) is 11.1 Å². The molecule has 1 aliphatic heterocycles. The summed E-state index contributed by atoms with van der Waals surface area (Å²) in [4.78, 5) is 8.93. The Morgan fingerprint density at radius 3 is 2.79 bits per heavy atom. The largest absolute Gasteiger partial charge is 0.487 e. The molecular formula is C22H22Cl2N8O. The summed E-state index contributed by atoms with van der Waals surface area (Å²) in [5, 5.41) is 18.3. The van der Waals surface area contributed by atoms with Crippen molar-refractivity contribution in [3.05, 3.63) is 65.7 Å². The first kappa shape index (κ1) is 22.8. The van der Waals surface area contributed by atoms with E-state index in [0.717, 1.165) is 35.5 Å². The molecule has 2 aromatic heterocycles. The minimum absolute atomic E-state index is 0. The standard InChI is InChI=1S/C22H21ClN8O.ClH/c1-14(12-31-13-27-29-30-31)32-21-8-16(3-5-19(21)23)17-10-25-22(26-11-17)28-18-4-2-15-6-7-24-20(15)9-18;/h2-5,8-11,13-14,24H,6-7,12H2,1H3,(H,25,26,28);1H. The van der Waals surface area contributed by atoms with Crippen LogP contribution < -0.4 is 15.4 Å². The molecule has 33 heavy (non-hydrogen) atoms. The maximum Gasteiger partial charge on any atom is 0.227 e. The fourth-order valence-corrected chi connectivity index (χ4v) is 3.76. The highest BCUT2D eigenvalue weighted by molar-refractivity contribution is 6.32. The summed E-state index contributed by atoms with van der Waals surface area (Å²) >= 11 is 6.35. The molecule has 5 rings (SSSR count). The number of benzene rings is 2. The number of nitrogens with zero attached hydrogens (tertiary/aromatic N) is 6. The molecule has 2 aromatic carbocycles. The fourth-order valence-electron chi connectivity index (χ4n) is 3.59. The van der Waals surface area contributed by atoms with Crippen LogP contribution in [-0.2, 0) is 13.0 Å². The first-order valence-electron chi connectivity index (χ1n) is 10.3. The second kappa shape index (κ2) is 10.0. The van der Waals surface area contributed by atoms with Crippen molar-refractivity contribution in [1.82, 2.24) is 30.2 Å². The summed E-state index contributed by atoms with van der Waals surface area (Å²) in [5.74, 6) is 1.12. The normalized spacial score (nSPS) is 12.9. The van der Waals surface area contributed by atoms with Gasteiger partial charge < -0.3 is 15.4 Å². The van der Waals surface area contributed by atoms with E-state index in [-0.39, 0.29) is 18.5 Å². The molecule has 0 saturated carbocycles. The molecule has 9 nitrogen and oxygen atoms in total. The number of halogens is 2. The molecule has 4 aromatic rings. The lowest BCUT2D eigenvalue weighted by atomic mass is 10.1. The van der Waals surface area contributed by atoms with Crippen molar-refractivity contribution in [3.63, 3.8) is 0 Å². The number of fused-ring (bicyclic) bond motifs is 1. The highest BCUT2D eigenvalue weighted by Crippen LogP contribution is 2.31. The van der Waals surface area contributed by atoms with Crippen LogP contribution >= 0.6 is 24.0 Å². The van der Waals surface area contributed by atoms with Gasteiger partial charge in [-0.05, 0) is 59.2 Å². The average molecular weight is 485 g/mol. The highest BCUT2D eigenvalue weighted by Gasteiger charge is 2.13. The number of anilines is 3. The van der Waals surface area contributed by atoms with Gasteiger partial charge in [-0.15, -0.1) is 17.5 Å². The van der Waals surface area contributed by atoms with Gasteiger partial charge in [0.25, 0.3) is 0 Å². The number of rotatable bonds is 7. The van der Waals surface area contributed by atoms with Gasteiger partial charge in [-0.3, -0.25) is 0 Å². The molecule has 11 heteroatoms. The molecule has 0 spiro atoms. The van der Waals surface area contributed by atoms with Gasteiger partial charge in [0.1, 0.15) is 18.2 Å². The Bertz CT molecular complexity index is 1220. The van der Waals surface area contributed by atoms with Gasteiger partial charge in [0.2, 0.25) is 5.95 Å². The smallest absolute Gasteiger partial charge is 0.227 e. The topological polar surface area (TPSA) is 103 Å². The van der Waals surface area contributed by atoms with E-state index in [2.05, 4.69) is 48.3 Å². The number of ether oxygens (including phenoxy) is 1. The Kier molecular flexibility index (Phi) is 6.90. The highest BCUT2D eigenvalue weighted by atomic mass is 35.5. The summed E-state index contributed by atoms with van der Waals surface area (Å²) in [6, 6.07) is 11.9. The molecule has 2 N–H and O–H groups in total. The van der Waals surface area contributed by atoms with Crippen LogP contribution in [-0.4, -0.2) is 42.8 Å². The van der Waals surface area contributed by atoms with Gasteiger partial charge in [0.05, 0.1) is 11.6 Å². The van der Waals surface area contributed by atoms with Crippen molar-refractivity contribution < 1.29 is 4.74 Å². The Morgan fingerprint density at radius 2 is 2.00 bits per heavy atom. The molecular weight excluding hydrogens is 463 g/mol. The zero-order chi connectivity index (χ0) is 21.9. The fraction of sp³-hybridized carbons (Fsp3) is 0.227. The number of hydrogen-bond donors (Lipinski definition) is 2. The Morgan fingerprint density at radius 1 is 1.15 bits per heavy atom. The monoisotopic (exact) mass is 484 g/mol. The summed E-state index contributed by atoms with van der Waals surface area (Å²) in [6.45, 7) is 3.42. The lowest BCUT2D eigenvalue weighted by Crippen LogP contribution is -2.20. The van der Waals surface area contributed by atoms with Gasteiger partial charge in [-0.1, -0.05) is 23.7 Å². The first-order valence-corrected chi connectivity index (χ1v) is 10.6. The van der Waals surface area contributed by atoms with Crippen LogP contribution in [0.15, 0.2) is 55.1 Å². The van der Waals surface area contributed by atoms with Gasteiger partial charge in [0, 0.05) is 35.9 Å². The molecule has 0 fully saturated rings. The van der Waals surface area contributed by atoms with E-state index >= 15 is 0 Å². The van der Waals surface area contributed by atoms with Crippen molar-refractivity contribution in [3.8, 4) is 16.9 Å². The minimum Gasteiger partial charge on any atom is -0.487 e. The van der Waals surface area contributed by atoms with Crippen LogP contribution in [0.3, 0.4) is 0 Å². The lowest BCUT2D eigenvalue weighted by molar-refractivity contribution is 0.193. The molecule has 1 atom stereocenters. The van der Waals surface area contributed by atoms with Gasteiger partial charge in [-0.25, -0.2) is 14.6 Å². The van der Waals surface area contributed by atoms with E-state index in [1.807, 2.05) is 25.1 Å². The molecule has 1 aliphatic rings. The van der Waals surface area contributed by atoms with Crippen LogP contribution in [0, 0.1) is 0 Å². The maximum absolute atomic E-state index is 6.35. The third-order valence-corrected chi connectivity index (χ3v) is 5.47. The molecule has 170 valence electrons. The second-order valence-corrected chi connectivity index (χ2v) is 7.98. The predicted octanol–water partition coefficient (Wildman–Crippen LogP) is 4.38. The number of hydrogen-bond acceptors (Lipinski definition) is 8. The second-order valence-electron chi connectivity index (χ2n) is 7.57. The van der Waals surface area contributed by atoms with Gasteiger partial charge >= 0.3 is 0 Å². The molecule has 0 bridgehead atoms. The van der Waals surface area contributed by atoms with Crippen LogP contribution in [0.5, 0.6) is 5.75 Å². The van der Waals surface area contributed by atoms with Gasteiger partial charge in [-0.2, -0.15) is 0 Å².